The van der Waals surface area contributed by atoms with Crippen molar-refractivity contribution in [2.24, 2.45) is 0 Å². The van der Waals surface area contributed by atoms with E-state index in [-0.39, 0.29) is 30.9 Å². The first-order valence-electron chi connectivity index (χ1n) is 9.19. The molecule has 2 rings (SSSR count). The zero-order valence-corrected chi connectivity index (χ0v) is 16.7. The Morgan fingerprint density at radius 1 is 1.04 bits per heavy atom. The van der Waals surface area contributed by atoms with E-state index in [1.54, 1.807) is 4.90 Å². The number of amides is 2. The van der Waals surface area contributed by atoms with Crippen molar-refractivity contribution in [3.05, 3.63) is 53.6 Å². The van der Waals surface area contributed by atoms with Gasteiger partial charge in [0.05, 0.1) is 11.8 Å². The molecule has 0 saturated heterocycles. The lowest BCUT2D eigenvalue weighted by atomic mass is 10.1. The molecule has 0 aliphatic carbocycles. The van der Waals surface area contributed by atoms with Gasteiger partial charge >= 0.3 is 0 Å². The van der Waals surface area contributed by atoms with Crippen LogP contribution in [0.2, 0.25) is 0 Å². The van der Waals surface area contributed by atoms with Gasteiger partial charge in [0, 0.05) is 25.6 Å². The molecule has 0 aromatic heterocycles. The number of benzene rings is 2. The number of carbonyl (C=O) groups is 2. The Morgan fingerprint density at radius 2 is 1.67 bits per heavy atom. The highest BCUT2D eigenvalue weighted by atomic mass is 16.5. The van der Waals surface area contributed by atoms with Gasteiger partial charge in [0.2, 0.25) is 11.8 Å². The van der Waals surface area contributed by atoms with Gasteiger partial charge in [-0.25, -0.2) is 0 Å². The van der Waals surface area contributed by atoms with E-state index in [1.165, 1.54) is 6.92 Å². The number of aryl methyl sites for hydroxylation is 2. The molecule has 0 unspecified atom stereocenters. The van der Waals surface area contributed by atoms with Crippen LogP contribution in [0.5, 0.6) is 5.75 Å². The van der Waals surface area contributed by atoms with E-state index in [2.05, 4.69) is 5.32 Å². The molecule has 5 nitrogen and oxygen atoms in total. The van der Waals surface area contributed by atoms with E-state index in [4.69, 9.17) is 4.74 Å². The first-order chi connectivity index (χ1) is 12.8. The number of anilines is 2. The maximum Gasteiger partial charge on any atom is 0.226 e. The van der Waals surface area contributed by atoms with Crippen LogP contribution < -0.4 is 15.0 Å². The topological polar surface area (TPSA) is 58.6 Å². The summed E-state index contributed by atoms with van der Waals surface area (Å²) in [6, 6.07) is 13.3. The summed E-state index contributed by atoms with van der Waals surface area (Å²) in [6.07, 6.45) is 0.191. The van der Waals surface area contributed by atoms with Crippen LogP contribution in [-0.2, 0) is 9.59 Å². The summed E-state index contributed by atoms with van der Waals surface area (Å²) in [7, 11) is 0. The molecule has 2 aromatic rings. The monoisotopic (exact) mass is 368 g/mol. The molecule has 144 valence electrons. The average molecular weight is 368 g/mol. The van der Waals surface area contributed by atoms with Crippen LogP contribution in [0.4, 0.5) is 11.4 Å². The number of nitrogens with one attached hydrogen (secondary N) is 1. The van der Waals surface area contributed by atoms with Crippen molar-refractivity contribution in [2.75, 3.05) is 16.8 Å². The van der Waals surface area contributed by atoms with Gasteiger partial charge in [-0.1, -0.05) is 30.3 Å². The summed E-state index contributed by atoms with van der Waals surface area (Å²) >= 11 is 0. The summed E-state index contributed by atoms with van der Waals surface area (Å²) in [5.74, 6) is 0.383. The van der Waals surface area contributed by atoms with Crippen molar-refractivity contribution < 1.29 is 14.3 Å². The fourth-order valence-corrected chi connectivity index (χ4v) is 2.91. The van der Waals surface area contributed by atoms with Crippen molar-refractivity contribution in [2.45, 2.75) is 47.1 Å². The third kappa shape index (κ3) is 5.58. The van der Waals surface area contributed by atoms with E-state index in [1.807, 2.05) is 70.2 Å². The second-order valence-corrected chi connectivity index (χ2v) is 6.87. The lowest BCUT2D eigenvalue weighted by Gasteiger charge is -2.24. The minimum absolute atomic E-state index is 0.00714. The molecule has 0 saturated carbocycles. The van der Waals surface area contributed by atoms with Crippen molar-refractivity contribution in [1.29, 1.82) is 0 Å². The fourth-order valence-electron chi connectivity index (χ4n) is 2.91. The van der Waals surface area contributed by atoms with Gasteiger partial charge in [-0.3, -0.25) is 9.59 Å². The van der Waals surface area contributed by atoms with Crippen molar-refractivity contribution in [1.82, 2.24) is 0 Å². The zero-order chi connectivity index (χ0) is 20.0. The quantitative estimate of drug-likeness (QED) is 0.784. The predicted molar refractivity (Wildman–Crippen MR) is 109 cm³/mol. The molecular formula is C22H28N2O3. The van der Waals surface area contributed by atoms with Crippen LogP contribution in [-0.4, -0.2) is 24.5 Å². The van der Waals surface area contributed by atoms with E-state index >= 15 is 0 Å². The van der Waals surface area contributed by atoms with Crippen LogP contribution in [0.1, 0.15) is 38.3 Å². The molecule has 0 fully saturated rings. The van der Waals surface area contributed by atoms with Gasteiger partial charge in [-0.2, -0.15) is 0 Å². The standard InChI is InChI=1S/C22H28N2O3/c1-15(2)27-20-12-7-6-11-19(20)24(18(5)25)14-13-21(26)23-22-16(3)9-8-10-17(22)4/h6-12,15H,13-14H2,1-5H3,(H,23,26). The largest absolute Gasteiger partial charge is 0.489 e. The lowest BCUT2D eigenvalue weighted by molar-refractivity contribution is -0.117. The van der Waals surface area contributed by atoms with Crippen molar-refractivity contribution >= 4 is 23.2 Å². The van der Waals surface area contributed by atoms with Crippen LogP contribution in [0, 0.1) is 13.8 Å². The molecule has 0 spiro atoms. The summed E-state index contributed by atoms with van der Waals surface area (Å²) in [5.41, 5.74) is 3.55. The SMILES string of the molecule is CC(=O)N(CCC(=O)Nc1c(C)cccc1C)c1ccccc1OC(C)C. The van der Waals surface area contributed by atoms with Gasteiger partial charge in [0.1, 0.15) is 5.75 Å². The summed E-state index contributed by atoms with van der Waals surface area (Å²) in [6.45, 7) is 9.58. The highest BCUT2D eigenvalue weighted by Crippen LogP contribution is 2.29. The molecule has 0 heterocycles. The average Bonchev–Trinajstić information content (AvgIpc) is 2.59. The fraction of sp³-hybridized carbons (Fsp3) is 0.364. The van der Waals surface area contributed by atoms with Crippen molar-refractivity contribution in [3.63, 3.8) is 0 Å². The molecule has 0 aliphatic rings. The Morgan fingerprint density at radius 3 is 2.26 bits per heavy atom. The molecule has 5 heteroatoms. The van der Waals surface area contributed by atoms with Crippen LogP contribution in [0.15, 0.2) is 42.5 Å². The maximum atomic E-state index is 12.5. The minimum atomic E-state index is -0.130. The molecule has 27 heavy (non-hydrogen) atoms. The predicted octanol–water partition coefficient (Wildman–Crippen LogP) is 4.47. The normalized spacial score (nSPS) is 10.6. The number of carbonyl (C=O) groups excluding carboxylic acids is 2. The second kappa shape index (κ2) is 9.21. The molecule has 0 bridgehead atoms. The highest BCUT2D eigenvalue weighted by Gasteiger charge is 2.18. The minimum Gasteiger partial charge on any atom is -0.489 e. The van der Waals surface area contributed by atoms with E-state index in [0.717, 1.165) is 16.8 Å². The molecule has 2 aromatic carbocycles. The number of hydrogen-bond donors (Lipinski definition) is 1. The Kier molecular flexibility index (Phi) is 6.99. The number of rotatable bonds is 7. The molecule has 0 radical (unpaired) electrons. The van der Waals surface area contributed by atoms with Gasteiger partial charge < -0.3 is 15.0 Å². The molecule has 2 amide bonds. The Bertz CT molecular complexity index is 795. The van der Waals surface area contributed by atoms with E-state index in [9.17, 15) is 9.59 Å². The van der Waals surface area contributed by atoms with Gasteiger partial charge in [-0.15, -0.1) is 0 Å². The molecule has 1 N–H and O–H groups in total. The molecule has 0 atom stereocenters. The van der Waals surface area contributed by atoms with Crippen LogP contribution >= 0.6 is 0 Å². The maximum absolute atomic E-state index is 12.5. The smallest absolute Gasteiger partial charge is 0.226 e. The first kappa shape index (κ1) is 20.5. The summed E-state index contributed by atoms with van der Waals surface area (Å²) in [5, 5.41) is 2.96. The second-order valence-electron chi connectivity index (χ2n) is 6.87. The summed E-state index contributed by atoms with van der Waals surface area (Å²) < 4.78 is 5.82. The third-order valence-corrected chi connectivity index (χ3v) is 4.21. The van der Waals surface area contributed by atoms with Crippen LogP contribution in [0.3, 0.4) is 0 Å². The van der Waals surface area contributed by atoms with Gasteiger partial charge in [-0.05, 0) is 51.0 Å². The van der Waals surface area contributed by atoms with E-state index in [0.29, 0.717) is 11.4 Å². The number of hydrogen-bond acceptors (Lipinski definition) is 3. The lowest BCUT2D eigenvalue weighted by Crippen LogP contribution is -2.32. The Balaban J connectivity index is 2.12. The molecule has 0 aliphatic heterocycles. The van der Waals surface area contributed by atoms with Gasteiger partial charge in [0.25, 0.3) is 0 Å². The third-order valence-electron chi connectivity index (χ3n) is 4.21. The van der Waals surface area contributed by atoms with E-state index < -0.39 is 0 Å². The van der Waals surface area contributed by atoms with Crippen LogP contribution in [0.25, 0.3) is 0 Å². The first-order valence-corrected chi connectivity index (χ1v) is 9.19. The number of ether oxygens (including phenoxy) is 1. The number of nitrogens with zero attached hydrogens (tertiary/aromatic N) is 1. The highest BCUT2D eigenvalue weighted by molar-refractivity contribution is 5.96. The number of para-hydroxylation sites is 3. The Hall–Kier alpha value is -2.82. The van der Waals surface area contributed by atoms with Crippen molar-refractivity contribution in [3.8, 4) is 5.75 Å². The summed E-state index contributed by atoms with van der Waals surface area (Å²) in [4.78, 5) is 26.2. The molecular weight excluding hydrogens is 340 g/mol. The zero-order valence-electron chi connectivity index (χ0n) is 16.7. The Labute approximate surface area is 161 Å². The van der Waals surface area contributed by atoms with Gasteiger partial charge in [0.15, 0.2) is 0 Å².